The van der Waals surface area contributed by atoms with Gasteiger partial charge in [0.2, 0.25) is 0 Å². The average Bonchev–Trinajstić information content (AvgIpc) is 3.25. The first-order valence-corrected chi connectivity index (χ1v) is 9.84. The van der Waals surface area contributed by atoms with Gasteiger partial charge in [0.05, 0.1) is 12.2 Å². The van der Waals surface area contributed by atoms with Gasteiger partial charge in [-0.15, -0.1) is 35.1 Å². The number of rotatable bonds is 7. The second kappa shape index (κ2) is 9.16. The van der Waals surface area contributed by atoms with Gasteiger partial charge in [0.1, 0.15) is 6.54 Å². The van der Waals surface area contributed by atoms with Gasteiger partial charge in [-0.2, -0.15) is 0 Å². The molecule has 2 heterocycles. The van der Waals surface area contributed by atoms with Crippen LogP contribution in [-0.2, 0) is 11.3 Å². The molecule has 3 rings (SSSR count). The van der Waals surface area contributed by atoms with Crippen molar-refractivity contribution >= 4 is 46.2 Å². The smallest absolute Gasteiger partial charge is 0.323 e. The zero-order valence-corrected chi connectivity index (χ0v) is 17.0. The molecule has 0 bridgehead atoms. The number of thiophene rings is 1. The van der Waals surface area contributed by atoms with Crippen LogP contribution in [0.1, 0.15) is 30.2 Å². The van der Waals surface area contributed by atoms with Gasteiger partial charge in [0.15, 0.2) is 5.13 Å². The Bertz CT molecular complexity index is 830. The summed E-state index contributed by atoms with van der Waals surface area (Å²) in [6.07, 6.45) is 0. The van der Waals surface area contributed by atoms with Crippen LogP contribution in [0.3, 0.4) is 0 Å². The molecule has 0 radical (unpaired) electrons. The van der Waals surface area contributed by atoms with E-state index < -0.39 is 5.97 Å². The van der Waals surface area contributed by atoms with Crippen molar-refractivity contribution in [2.45, 2.75) is 26.3 Å². The van der Waals surface area contributed by atoms with Crippen molar-refractivity contribution < 1.29 is 9.90 Å². The van der Waals surface area contributed by atoms with Gasteiger partial charge in [0, 0.05) is 15.8 Å². The monoisotopic (exact) mass is 408 g/mol. The van der Waals surface area contributed by atoms with E-state index in [-0.39, 0.29) is 19.0 Å². The van der Waals surface area contributed by atoms with E-state index in [1.54, 1.807) is 11.3 Å². The first kappa shape index (κ1) is 20.4. The summed E-state index contributed by atoms with van der Waals surface area (Å²) in [4.78, 5) is 18.8. The molecule has 26 heavy (non-hydrogen) atoms. The normalized spacial score (nSPS) is 10.6. The van der Waals surface area contributed by atoms with Crippen molar-refractivity contribution in [1.82, 2.24) is 4.98 Å². The first-order valence-electron chi connectivity index (χ1n) is 8.08. The molecule has 0 spiro atoms. The quantitative estimate of drug-likeness (QED) is 0.560. The van der Waals surface area contributed by atoms with Crippen LogP contribution in [0, 0.1) is 0 Å². The fourth-order valence-corrected chi connectivity index (χ4v) is 4.08. The number of halogens is 1. The maximum atomic E-state index is 11.2. The van der Waals surface area contributed by atoms with Gasteiger partial charge in [-0.05, 0) is 22.9 Å². The molecule has 0 aliphatic carbocycles. The highest BCUT2D eigenvalue weighted by Gasteiger charge is 2.16. The molecule has 7 heteroatoms. The molecule has 1 aromatic carbocycles. The largest absolute Gasteiger partial charge is 0.480 e. The second-order valence-corrected chi connectivity index (χ2v) is 7.99. The highest BCUT2D eigenvalue weighted by molar-refractivity contribution is 7.14. The van der Waals surface area contributed by atoms with E-state index in [2.05, 4.69) is 43.1 Å². The number of anilines is 1. The Balaban J connectivity index is 0.00000243. The van der Waals surface area contributed by atoms with Crippen LogP contribution in [0.25, 0.3) is 11.3 Å². The third-order valence-electron chi connectivity index (χ3n) is 3.89. The third kappa shape index (κ3) is 5.06. The van der Waals surface area contributed by atoms with E-state index in [1.807, 2.05) is 27.8 Å². The highest BCUT2D eigenvalue weighted by Crippen LogP contribution is 2.29. The van der Waals surface area contributed by atoms with Crippen LogP contribution in [-0.4, -0.2) is 22.6 Å². The van der Waals surface area contributed by atoms with Crippen LogP contribution in [0.15, 0.2) is 47.2 Å². The number of benzene rings is 1. The molecule has 0 saturated carbocycles. The maximum Gasteiger partial charge on any atom is 0.323 e. The molecular weight excluding hydrogens is 388 g/mol. The van der Waals surface area contributed by atoms with Crippen LogP contribution < -0.4 is 4.90 Å². The first-order chi connectivity index (χ1) is 12.0. The van der Waals surface area contributed by atoms with E-state index in [0.29, 0.717) is 12.5 Å². The summed E-state index contributed by atoms with van der Waals surface area (Å²) in [7, 11) is 0. The van der Waals surface area contributed by atoms with E-state index in [9.17, 15) is 9.90 Å². The minimum atomic E-state index is -0.852. The summed E-state index contributed by atoms with van der Waals surface area (Å²) >= 11 is 3.11. The number of thiazole rings is 1. The Morgan fingerprint density at radius 2 is 1.92 bits per heavy atom. The fourth-order valence-electron chi connectivity index (χ4n) is 2.53. The lowest BCUT2D eigenvalue weighted by atomic mass is 10.0. The zero-order chi connectivity index (χ0) is 17.8. The molecule has 1 N–H and O–H groups in total. The van der Waals surface area contributed by atoms with E-state index in [0.717, 1.165) is 21.3 Å². The van der Waals surface area contributed by atoms with Crippen molar-refractivity contribution in [2.24, 2.45) is 0 Å². The van der Waals surface area contributed by atoms with Gasteiger partial charge in [-0.25, -0.2) is 4.98 Å². The van der Waals surface area contributed by atoms with Gasteiger partial charge >= 0.3 is 5.97 Å². The molecular formula is C19H21ClN2O2S2. The predicted molar refractivity (Wildman–Crippen MR) is 112 cm³/mol. The minimum absolute atomic E-state index is 0. The summed E-state index contributed by atoms with van der Waals surface area (Å²) in [6.45, 7) is 4.84. The topological polar surface area (TPSA) is 53.4 Å². The lowest BCUT2D eigenvalue weighted by Gasteiger charge is -2.18. The molecule has 0 amide bonds. The lowest BCUT2D eigenvalue weighted by Crippen LogP contribution is -2.28. The zero-order valence-electron chi connectivity index (χ0n) is 14.6. The molecule has 3 aromatic rings. The number of carboxylic acids is 1. The van der Waals surface area contributed by atoms with Gasteiger partial charge in [-0.3, -0.25) is 4.79 Å². The number of nitrogens with zero attached hydrogens (tertiary/aromatic N) is 2. The van der Waals surface area contributed by atoms with Crippen molar-refractivity contribution in [3.05, 3.63) is 57.6 Å². The molecule has 0 aliphatic rings. The SMILES string of the molecule is CC(C)c1ccc(-c2csc(N(CC(=O)O)Cc3cccs3)n2)cc1.Cl. The summed E-state index contributed by atoms with van der Waals surface area (Å²) in [5.41, 5.74) is 3.24. The molecule has 0 unspecified atom stereocenters. The van der Waals surface area contributed by atoms with Crippen LogP contribution in [0.2, 0.25) is 0 Å². The highest BCUT2D eigenvalue weighted by atomic mass is 35.5. The number of aromatic nitrogens is 1. The Morgan fingerprint density at radius 1 is 1.19 bits per heavy atom. The number of carboxylic acid groups (broad SMARTS) is 1. The molecule has 2 aromatic heterocycles. The van der Waals surface area contributed by atoms with E-state index in [1.165, 1.54) is 16.9 Å². The van der Waals surface area contributed by atoms with Crippen molar-refractivity contribution in [3.63, 3.8) is 0 Å². The Labute approximate surface area is 167 Å². The number of aliphatic carboxylic acids is 1. The molecule has 138 valence electrons. The minimum Gasteiger partial charge on any atom is -0.480 e. The predicted octanol–water partition coefficient (Wildman–Crippen LogP) is 5.51. The molecule has 0 saturated heterocycles. The summed E-state index contributed by atoms with van der Waals surface area (Å²) < 4.78 is 0. The number of carbonyl (C=O) groups is 1. The third-order valence-corrected chi connectivity index (χ3v) is 5.65. The van der Waals surface area contributed by atoms with E-state index in [4.69, 9.17) is 0 Å². The number of hydrogen-bond donors (Lipinski definition) is 1. The molecule has 4 nitrogen and oxygen atoms in total. The summed E-state index contributed by atoms with van der Waals surface area (Å²) in [6, 6.07) is 12.4. The second-order valence-electron chi connectivity index (χ2n) is 6.12. The van der Waals surface area contributed by atoms with Gasteiger partial charge in [0.25, 0.3) is 0 Å². The summed E-state index contributed by atoms with van der Waals surface area (Å²) in [5.74, 6) is -0.355. The molecule has 0 fully saturated rings. The van der Waals surface area contributed by atoms with Crippen LogP contribution in [0.4, 0.5) is 5.13 Å². The average molecular weight is 409 g/mol. The number of hydrogen-bond acceptors (Lipinski definition) is 5. The maximum absolute atomic E-state index is 11.2. The molecule has 0 aliphatic heterocycles. The van der Waals surface area contributed by atoms with E-state index >= 15 is 0 Å². The Hall–Kier alpha value is -1.89. The van der Waals surface area contributed by atoms with Crippen LogP contribution >= 0.6 is 35.1 Å². The van der Waals surface area contributed by atoms with Crippen molar-refractivity contribution in [1.29, 1.82) is 0 Å². The Kier molecular flexibility index (Phi) is 7.20. The Morgan fingerprint density at radius 3 is 2.50 bits per heavy atom. The standard InChI is InChI=1S/C19H20N2O2S2.ClH/c1-13(2)14-5-7-15(8-6-14)17-12-25-19(20-17)21(11-18(22)23)10-16-4-3-9-24-16;/h3-9,12-13H,10-11H2,1-2H3,(H,22,23);1H. The van der Waals surface area contributed by atoms with Gasteiger partial charge < -0.3 is 10.0 Å². The lowest BCUT2D eigenvalue weighted by molar-refractivity contribution is -0.135. The fraction of sp³-hybridized carbons (Fsp3) is 0.263. The summed E-state index contributed by atoms with van der Waals surface area (Å²) in [5, 5.41) is 13.9. The van der Waals surface area contributed by atoms with Gasteiger partial charge in [-0.1, -0.05) is 44.2 Å². The van der Waals surface area contributed by atoms with Crippen molar-refractivity contribution in [3.8, 4) is 11.3 Å². The molecule has 0 atom stereocenters. The van der Waals surface area contributed by atoms with Crippen LogP contribution in [0.5, 0.6) is 0 Å². The van der Waals surface area contributed by atoms with Crippen molar-refractivity contribution in [2.75, 3.05) is 11.4 Å².